The third-order valence-corrected chi connectivity index (χ3v) is 7.93. The van der Waals surface area contributed by atoms with Crippen molar-refractivity contribution in [2.45, 2.75) is 49.1 Å². The minimum atomic E-state index is -3.85. The first kappa shape index (κ1) is 19.1. The normalized spacial score (nSPS) is 25.2. The molecule has 1 aliphatic carbocycles. The molecule has 148 valence electrons. The van der Waals surface area contributed by atoms with Gasteiger partial charge in [-0.1, -0.05) is 55.3 Å². The molecule has 1 aliphatic heterocycles. The lowest BCUT2D eigenvalue weighted by molar-refractivity contribution is -0.132. The minimum Gasteiger partial charge on any atom is -0.289 e. The van der Waals surface area contributed by atoms with Gasteiger partial charge in [-0.3, -0.25) is 10.0 Å². The number of hydroxylamine groups is 1. The largest absolute Gasteiger partial charge is 0.289 e. The van der Waals surface area contributed by atoms with Gasteiger partial charge in [0.25, 0.3) is 5.91 Å². The van der Waals surface area contributed by atoms with Gasteiger partial charge in [-0.2, -0.15) is 4.31 Å². The predicted octanol–water partition coefficient (Wildman–Crippen LogP) is 3.18. The highest BCUT2D eigenvalue weighted by Gasteiger charge is 2.50. The molecular formula is C21H24N2O4S. The second-order valence-electron chi connectivity index (χ2n) is 7.56. The number of carbonyl (C=O) groups is 1. The van der Waals surface area contributed by atoms with Crippen molar-refractivity contribution >= 4 is 15.9 Å². The van der Waals surface area contributed by atoms with Crippen LogP contribution in [0.2, 0.25) is 0 Å². The van der Waals surface area contributed by atoms with Crippen molar-refractivity contribution in [3.05, 3.63) is 54.6 Å². The summed E-state index contributed by atoms with van der Waals surface area (Å²) in [5.74, 6) is -0.492. The van der Waals surface area contributed by atoms with Gasteiger partial charge in [0.1, 0.15) is 6.04 Å². The van der Waals surface area contributed by atoms with Crippen LogP contribution in [0.5, 0.6) is 0 Å². The van der Waals surface area contributed by atoms with E-state index in [-0.39, 0.29) is 16.9 Å². The number of hydrogen-bond donors (Lipinski definition) is 2. The second-order valence-corrected chi connectivity index (χ2v) is 9.41. The number of hydrogen-bond acceptors (Lipinski definition) is 4. The maximum atomic E-state index is 13.4. The lowest BCUT2D eigenvalue weighted by atomic mass is 9.85. The third-order valence-electron chi connectivity index (χ3n) is 5.98. The average Bonchev–Trinajstić information content (AvgIpc) is 3.14. The molecule has 2 fully saturated rings. The van der Waals surface area contributed by atoms with E-state index in [2.05, 4.69) is 0 Å². The van der Waals surface area contributed by atoms with Crippen LogP contribution in [-0.2, 0) is 14.8 Å². The maximum Gasteiger partial charge on any atom is 0.261 e. The number of carbonyl (C=O) groups excluding carboxylic acids is 1. The fraction of sp³-hybridized carbons (Fsp3) is 0.381. The van der Waals surface area contributed by atoms with Crippen molar-refractivity contribution in [2.24, 2.45) is 5.92 Å². The summed E-state index contributed by atoms with van der Waals surface area (Å²) in [5.41, 5.74) is 3.60. The number of rotatable bonds is 4. The quantitative estimate of drug-likeness (QED) is 0.610. The van der Waals surface area contributed by atoms with Crippen molar-refractivity contribution in [3.8, 4) is 11.1 Å². The zero-order valence-electron chi connectivity index (χ0n) is 15.5. The molecule has 3 unspecified atom stereocenters. The number of nitrogens with zero attached hydrogens (tertiary/aromatic N) is 1. The summed E-state index contributed by atoms with van der Waals surface area (Å²) in [6.07, 6.45) is 4.13. The molecule has 1 saturated heterocycles. The van der Waals surface area contributed by atoms with Crippen molar-refractivity contribution in [2.75, 3.05) is 0 Å². The van der Waals surface area contributed by atoms with Gasteiger partial charge in [-0.25, -0.2) is 13.9 Å². The Morgan fingerprint density at radius 2 is 1.61 bits per heavy atom. The van der Waals surface area contributed by atoms with Crippen LogP contribution in [0.3, 0.4) is 0 Å². The number of amides is 1. The van der Waals surface area contributed by atoms with Crippen LogP contribution in [-0.4, -0.2) is 35.9 Å². The fourth-order valence-corrected chi connectivity index (χ4v) is 6.51. The monoisotopic (exact) mass is 400 g/mol. The zero-order chi connectivity index (χ0) is 19.7. The molecule has 1 amide bonds. The van der Waals surface area contributed by atoms with Gasteiger partial charge in [0.05, 0.1) is 4.90 Å². The molecule has 0 radical (unpaired) electrons. The van der Waals surface area contributed by atoms with Crippen LogP contribution in [0.1, 0.15) is 32.1 Å². The molecule has 2 aromatic carbocycles. The Hall–Kier alpha value is -2.22. The molecule has 1 saturated carbocycles. The Balaban J connectivity index is 1.68. The van der Waals surface area contributed by atoms with Crippen LogP contribution >= 0.6 is 0 Å². The first-order valence-electron chi connectivity index (χ1n) is 9.65. The lowest BCUT2D eigenvalue weighted by Gasteiger charge is -2.32. The van der Waals surface area contributed by atoms with Crippen LogP contribution in [0.4, 0.5) is 0 Å². The van der Waals surface area contributed by atoms with E-state index in [1.807, 2.05) is 30.3 Å². The molecule has 2 N–H and O–H groups in total. The Morgan fingerprint density at radius 1 is 0.964 bits per heavy atom. The van der Waals surface area contributed by atoms with Crippen LogP contribution in [0, 0.1) is 5.92 Å². The van der Waals surface area contributed by atoms with Gasteiger partial charge in [-0.15, -0.1) is 0 Å². The van der Waals surface area contributed by atoms with E-state index in [1.54, 1.807) is 29.7 Å². The predicted molar refractivity (Wildman–Crippen MR) is 105 cm³/mol. The Kier molecular flexibility index (Phi) is 5.23. The molecule has 7 heteroatoms. The summed E-state index contributed by atoms with van der Waals surface area (Å²) in [6, 6.07) is 15.5. The Morgan fingerprint density at radius 3 is 2.29 bits per heavy atom. The first-order valence-corrected chi connectivity index (χ1v) is 11.1. The van der Waals surface area contributed by atoms with Gasteiger partial charge < -0.3 is 0 Å². The summed E-state index contributed by atoms with van der Waals surface area (Å²) in [5, 5.41) is 9.12. The summed E-state index contributed by atoms with van der Waals surface area (Å²) in [7, 11) is -3.85. The molecule has 3 atom stereocenters. The van der Waals surface area contributed by atoms with E-state index in [4.69, 9.17) is 5.21 Å². The fourth-order valence-electron chi connectivity index (χ4n) is 4.63. The van der Waals surface area contributed by atoms with E-state index < -0.39 is 22.0 Å². The van der Waals surface area contributed by atoms with Gasteiger partial charge >= 0.3 is 0 Å². The summed E-state index contributed by atoms with van der Waals surface area (Å²) < 4.78 is 28.2. The molecule has 0 bridgehead atoms. The van der Waals surface area contributed by atoms with Crippen molar-refractivity contribution in [1.82, 2.24) is 9.79 Å². The molecule has 1 heterocycles. The lowest BCUT2D eigenvalue weighted by Crippen LogP contribution is -2.48. The van der Waals surface area contributed by atoms with Gasteiger partial charge in [0, 0.05) is 6.04 Å². The van der Waals surface area contributed by atoms with Crippen molar-refractivity contribution in [3.63, 3.8) is 0 Å². The number of fused-ring (bicyclic) bond motifs is 1. The number of sulfonamides is 1. The van der Waals surface area contributed by atoms with E-state index in [0.29, 0.717) is 6.42 Å². The van der Waals surface area contributed by atoms with Crippen LogP contribution in [0.25, 0.3) is 11.1 Å². The summed E-state index contributed by atoms with van der Waals surface area (Å²) in [4.78, 5) is 12.4. The molecule has 4 rings (SSSR count). The average molecular weight is 401 g/mol. The van der Waals surface area contributed by atoms with E-state index in [9.17, 15) is 13.2 Å². The molecule has 0 spiro atoms. The van der Waals surface area contributed by atoms with E-state index in [0.717, 1.165) is 36.8 Å². The highest BCUT2D eigenvalue weighted by atomic mass is 32.2. The van der Waals surface area contributed by atoms with E-state index >= 15 is 0 Å². The molecule has 2 aliphatic rings. The first-order chi connectivity index (χ1) is 13.5. The maximum absolute atomic E-state index is 13.4. The molecule has 6 nitrogen and oxygen atoms in total. The smallest absolute Gasteiger partial charge is 0.261 e. The summed E-state index contributed by atoms with van der Waals surface area (Å²) >= 11 is 0. The number of nitrogens with one attached hydrogen (secondary N) is 1. The number of benzene rings is 2. The van der Waals surface area contributed by atoms with Crippen molar-refractivity contribution < 1.29 is 18.4 Å². The Bertz CT molecular complexity index is 944. The van der Waals surface area contributed by atoms with Gasteiger partial charge in [0.2, 0.25) is 10.0 Å². The molecular weight excluding hydrogens is 376 g/mol. The van der Waals surface area contributed by atoms with Crippen LogP contribution < -0.4 is 5.48 Å². The molecule has 2 aromatic rings. The SMILES string of the molecule is O=C(NO)C1CC2CCCCC2N1S(=O)(=O)c1ccc(-c2ccccc2)cc1. The van der Waals surface area contributed by atoms with Gasteiger partial charge in [-0.05, 0) is 48.4 Å². The highest BCUT2D eigenvalue weighted by molar-refractivity contribution is 7.89. The van der Waals surface area contributed by atoms with Gasteiger partial charge in [0.15, 0.2) is 0 Å². The van der Waals surface area contributed by atoms with E-state index in [1.165, 1.54) is 4.31 Å². The molecule has 0 aromatic heterocycles. The topological polar surface area (TPSA) is 86.7 Å². The Labute approximate surface area is 165 Å². The van der Waals surface area contributed by atoms with Crippen LogP contribution in [0.15, 0.2) is 59.5 Å². The minimum absolute atomic E-state index is 0.161. The standard InChI is InChI=1S/C21H24N2O4S/c24-21(22-25)20-14-17-8-4-5-9-19(17)23(20)28(26,27)18-12-10-16(11-13-18)15-6-2-1-3-7-15/h1-3,6-7,10-13,17,19-20,25H,4-5,8-9,14H2,(H,22,24). The third kappa shape index (κ3) is 3.34. The summed E-state index contributed by atoms with van der Waals surface area (Å²) in [6.45, 7) is 0. The zero-order valence-corrected chi connectivity index (χ0v) is 16.3. The second kappa shape index (κ2) is 7.66. The molecule has 28 heavy (non-hydrogen) atoms. The highest BCUT2D eigenvalue weighted by Crippen LogP contribution is 2.42. The van der Waals surface area contributed by atoms with Crippen molar-refractivity contribution in [1.29, 1.82) is 0 Å².